The van der Waals surface area contributed by atoms with Crippen LogP contribution in [-0.4, -0.2) is 42.5 Å². The number of nitro groups is 1. The zero-order valence-electron chi connectivity index (χ0n) is 12.5. The minimum absolute atomic E-state index is 0.0259. The molecule has 1 rings (SSSR count). The van der Waals surface area contributed by atoms with Gasteiger partial charge >= 0.3 is 5.69 Å². The second-order valence-corrected chi connectivity index (χ2v) is 4.41. The molecule has 1 heterocycles. The van der Waals surface area contributed by atoms with Crippen LogP contribution < -0.4 is 15.5 Å². The number of likely N-dealkylation sites (N-methyl/N-ethyl adjacent to an activating group) is 2. The molecule has 1 amide bonds. The highest BCUT2D eigenvalue weighted by molar-refractivity contribution is 5.81. The molecule has 0 radical (unpaired) electrons. The van der Waals surface area contributed by atoms with Gasteiger partial charge in [0.1, 0.15) is 5.82 Å². The van der Waals surface area contributed by atoms with E-state index in [2.05, 4.69) is 15.6 Å². The molecule has 1 aromatic heterocycles. The van der Waals surface area contributed by atoms with Crippen LogP contribution >= 0.6 is 0 Å². The molecule has 8 heteroatoms. The van der Waals surface area contributed by atoms with Crippen LogP contribution in [0.2, 0.25) is 0 Å². The van der Waals surface area contributed by atoms with Crippen molar-refractivity contribution in [1.29, 1.82) is 0 Å². The van der Waals surface area contributed by atoms with Gasteiger partial charge in [0.25, 0.3) is 0 Å². The summed E-state index contributed by atoms with van der Waals surface area (Å²) >= 11 is 0. The van der Waals surface area contributed by atoms with E-state index in [4.69, 9.17) is 0 Å². The Bertz CT molecular complexity index is 507. The fourth-order valence-electron chi connectivity index (χ4n) is 1.76. The maximum Gasteiger partial charge on any atom is 0.311 e. The third kappa shape index (κ3) is 4.59. The van der Waals surface area contributed by atoms with Crippen LogP contribution in [0.3, 0.4) is 0 Å². The minimum atomic E-state index is -0.488. The smallest absolute Gasteiger partial charge is 0.311 e. The van der Waals surface area contributed by atoms with Crippen molar-refractivity contribution in [3.05, 3.63) is 22.2 Å². The highest BCUT2D eigenvalue weighted by Gasteiger charge is 2.22. The Labute approximate surface area is 123 Å². The van der Waals surface area contributed by atoms with Gasteiger partial charge in [0.15, 0.2) is 0 Å². The molecule has 0 saturated carbocycles. The lowest BCUT2D eigenvalue weighted by molar-refractivity contribution is -0.384. The average Bonchev–Trinajstić information content (AvgIpc) is 2.49. The van der Waals surface area contributed by atoms with E-state index in [-0.39, 0.29) is 24.0 Å². The number of carbonyl (C=O) groups excluding carboxylic acids is 1. The van der Waals surface area contributed by atoms with Gasteiger partial charge in [-0.2, -0.15) is 0 Å². The molecule has 2 N–H and O–H groups in total. The van der Waals surface area contributed by atoms with Crippen molar-refractivity contribution < 1.29 is 9.72 Å². The fourth-order valence-corrected chi connectivity index (χ4v) is 1.76. The van der Waals surface area contributed by atoms with Gasteiger partial charge in [0, 0.05) is 26.2 Å². The molecular formula is C13H21N5O3. The largest absolute Gasteiger partial charge is 0.370 e. The molecule has 0 fully saturated rings. The van der Waals surface area contributed by atoms with Gasteiger partial charge in [0.05, 0.1) is 11.5 Å². The number of nitrogens with one attached hydrogen (secondary N) is 2. The third-order valence-corrected chi connectivity index (χ3v) is 2.90. The quantitative estimate of drug-likeness (QED) is 0.555. The molecule has 21 heavy (non-hydrogen) atoms. The first kappa shape index (κ1) is 16.7. The van der Waals surface area contributed by atoms with Crippen molar-refractivity contribution in [1.82, 2.24) is 10.3 Å². The van der Waals surface area contributed by atoms with Crippen molar-refractivity contribution in [2.75, 3.05) is 36.9 Å². The van der Waals surface area contributed by atoms with Gasteiger partial charge in [-0.25, -0.2) is 4.98 Å². The van der Waals surface area contributed by atoms with E-state index in [0.29, 0.717) is 12.4 Å². The summed E-state index contributed by atoms with van der Waals surface area (Å²) in [5, 5.41) is 16.7. The Morgan fingerprint density at radius 1 is 1.43 bits per heavy atom. The zero-order chi connectivity index (χ0) is 15.8. The zero-order valence-corrected chi connectivity index (χ0v) is 12.5. The molecule has 0 unspecified atom stereocenters. The van der Waals surface area contributed by atoms with Crippen molar-refractivity contribution in [2.45, 2.75) is 20.3 Å². The van der Waals surface area contributed by atoms with E-state index < -0.39 is 4.92 Å². The standard InChI is InChI=1S/C13H21N5O3/c1-4-8-15-11-7-6-10(18(20)21)13(16-11)17(5-2)9-12(19)14-3/h6-7H,4-5,8-9H2,1-3H3,(H,14,19)(H,15,16). The highest BCUT2D eigenvalue weighted by Crippen LogP contribution is 2.27. The van der Waals surface area contributed by atoms with E-state index in [0.717, 1.165) is 13.0 Å². The van der Waals surface area contributed by atoms with Crippen LogP contribution in [0, 0.1) is 10.1 Å². The van der Waals surface area contributed by atoms with E-state index in [1.54, 1.807) is 11.0 Å². The third-order valence-electron chi connectivity index (χ3n) is 2.90. The van der Waals surface area contributed by atoms with E-state index in [1.807, 2.05) is 13.8 Å². The number of hydrogen-bond acceptors (Lipinski definition) is 6. The Kier molecular flexibility index (Phi) is 6.38. The SMILES string of the molecule is CCCNc1ccc([N+](=O)[O-])c(N(CC)CC(=O)NC)n1. The number of aromatic nitrogens is 1. The van der Waals surface area contributed by atoms with E-state index in [1.165, 1.54) is 13.1 Å². The van der Waals surface area contributed by atoms with Gasteiger partial charge in [-0.15, -0.1) is 0 Å². The number of nitrogens with zero attached hydrogens (tertiary/aromatic N) is 3. The summed E-state index contributed by atoms with van der Waals surface area (Å²) in [5.41, 5.74) is -0.109. The molecule has 1 aromatic rings. The van der Waals surface area contributed by atoms with Crippen molar-refractivity contribution >= 4 is 23.2 Å². The normalized spacial score (nSPS) is 10.0. The summed E-state index contributed by atoms with van der Waals surface area (Å²) in [4.78, 5) is 28.0. The van der Waals surface area contributed by atoms with E-state index >= 15 is 0 Å². The lowest BCUT2D eigenvalue weighted by Gasteiger charge is -2.21. The van der Waals surface area contributed by atoms with Crippen molar-refractivity contribution in [2.24, 2.45) is 0 Å². The van der Waals surface area contributed by atoms with Gasteiger partial charge in [0.2, 0.25) is 11.7 Å². The molecule has 0 aliphatic heterocycles. The molecule has 8 nitrogen and oxygen atoms in total. The van der Waals surface area contributed by atoms with Crippen LogP contribution in [-0.2, 0) is 4.79 Å². The summed E-state index contributed by atoms with van der Waals surface area (Å²) in [6, 6.07) is 2.98. The Balaban J connectivity index is 3.13. The van der Waals surface area contributed by atoms with Crippen LogP contribution in [0.1, 0.15) is 20.3 Å². The second kappa shape index (κ2) is 8.03. The number of anilines is 2. The summed E-state index contributed by atoms with van der Waals surface area (Å²) in [6.45, 7) is 5.03. The molecule has 0 aliphatic carbocycles. The van der Waals surface area contributed by atoms with Gasteiger partial charge in [-0.3, -0.25) is 14.9 Å². The molecule has 0 aromatic carbocycles. The van der Waals surface area contributed by atoms with Gasteiger partial charge in [-0.05, 0) is 19.4 Å². The number of hydrogen-bond donors (Lipinski definition) is 2. The first-order valence-corrected chi connectivity index (χ1v) is 6.88. The molecule has 0 aliphatic rings. The number of amides is 1. The molecule has 0 atom stereocenters. The van der Waals surface area contributed by atoms with Gasteiger partial charge in [-0.1, -0.05) is 6.92 Å². The van der Waals surface area contributed by atoms with E-state index in [9.17, 15) is 14.9 Å². The summed E-state index contributed by atoms with van der Waals surface area (Å²) in [7, 11) is 1.53. The van der Waals surface area contributed by atoms with Crippen LogP contribution in [0.5, 0.6) is 0 Å². The Morgan fingerprint density at radius 3 is 2.67 bits per heavy atom. The van der Waals surface area contributed by atoms with Gasteiger partial charge < -0.3 is 15.5 Å². The fraction of sp³-hybridized carbons (Fsp3) is 0.538. The molecule has 0 saturated heterocycles. The summed E-state index contributed by atoms with van der Waals surface area (Å²) in [6.07, 6.45) is 0.920. The Morgan fingerprint density at radius 2 is 2.14 bits per heavy atom. The average molecular weight is 295 g/mol. The molecule has 116 valence electrons. The molecular weight excluding hydrogens is 274 g/mol. The summed E-state index contributed by atoms with van der Waals surface area (Å²) in [5.74, 6) is 0.542. The first-order chi connectivity index (χ1) is 10.0. The number of pyridine rings is 1. The van der Waals surface area contributed by atoms with Crippen molar-refractivity contribution in [3.63, 3.8) is 0 Å². The van der Waals surface area contributed by atoms with Crippen LogP contribution in [0.25, 0.3) is 0 Å². The maximum atomic E-state index is 11.5. The monoisotopic (exact) mass is 295 g/mol. The highest BCUT2D eigenvalue weighted by atomic mass is 16.6. The molecule has 0 spiro atoms. The molecule has 0 bridgehead atoms. The topological polar surface area (TPSA) is 100 Å². The number of rotatable bonds is 8. The predicted molar refractivity (Wildman–Crippen MR) is 81.6 cm³/mol. The van der Waals surface area contributed by atoms with Crippen LogP contribution in [0.4, 0.5) is 17.3 Å². The maximum absolute atomic E-state index is 11.5. The summed E-state index contributed by atoms with van der Waals surface area (Å²) < 4.78 is 0. The lowest BCUT2D eigenvalue weighted by Crippen LogP contribution is -2.36. The minimum Gasteiger partial charge on any atom is -0.370 e. The predicted octanol–water partition coefficient (Wildman–Crippen LogP) is 1.38. The van der Waals surface area contributed by atoms with Crippen LogP contribution in [0.15, 0.2) is 12.1 Å². The first-order valence-electron chi connectivity index (χ1n) is 6.88. The lowest BCUT2D eigenvalue weighted by atomic mass is 10.3. The van der Waals surface area contributed by atoms with Crippen molar-refractivity contribution in [3.8, 4) is 0 Å². The number of carbonyl (C=O) groups is 1. The second-order valence-electron chi connectivity index (χ2n) is 4.41. The Hall–Kier alpha value is -2.38.